The third kappa shape index (κ3) is 3.56. The van der Waals surface area contributed by atoms with E-state index in [-0.39, 0.29) is 5.54 Å². The number of rotatable bonds is 4. The standard InChI is InChI=1S/C26H25N3O2/c1-26(2)14-21-18-8-4-3-7-16(18)11-12-20(21)24(29-26)28-23(25(30)31)13-17-15-27-22-10-6-5-9-19(17)22/h3-12,15,23,27H,13-14H2,1-2H3,(H,28,29)(H,30,31)/t23-/m1/s1. The molecule has 0 amide bonds. The third-order valence-electron chi connectivity index (χ3n) is 6.09. The van der Waals surface area contributed by atoms with Crippen LogP contribution in [0.5, 0.6) is 0 Å². The van der Waals surface area contributed by atoms with Gasteiger partial charge in [0.2, 0.25) is 0 Å². The Morgan fingerprint density at radius 1 is 1.06 bits per heavy atom. The van der Waals surface area contributed by atoms with Gasteiger partial charge in [0.1, 0.15) is 11.6 Å². The van der Waals surface area contributed by atoms with Crippen LogP contribution in [0.25, 0.3) is 21.7 Å². The van der Waals surface area contributed by atoms with Crippen molar-refractivity contribution in [2.75, 3.05) is 0 Å². The van der Waals surface area contributed by atoms with Gasteiger partial charge in [0.05, 0.1) is 11.5 Å². The van der Waals surface area contributed by atoms with E-state index in [1.54, 1.807) is 0 Å². The number of carbonyl (C=O) groups is 1. The summed E-state index contributed by atoms with van der Waals surface area (Å²) in [5.74, 6) is -0.378. The molecule has 1 atom stereocenters. The van der Waals surface area contributed by atoms with Crippen molar-refractivity contribution in [2.45, 2.75) is 38.3 Å². The van der Waals surface area contributed by atoms with Crippen LogP contribution in [-0.4, -0.2) is 28.4 Å². The zero-order valence-electron chi connectivity index (χ0n) is 17.7. The summed E-state index contributed by atoms with van der Waals surface area (Å²) in [6.45, 7) is 4.26. The average Bonchev–Trinajstić information content (AvgIpc) is 3.15. The van der Waals surface area contributed by atoms with Gasteiger partial charge in [-0.15, -0.1) is 0 Å². The molecule has 0 unspecified atom stereocenters. The number of nitrogens with one attached hydrogen (secondary N) is 3. The number of hydrogen-bond donors (Lipinski definition) is 3. The minimum absolute atomic E-state index is 0.212. The van der Waals surface area contributed by atoms with Gasteiger partial charge in [-0.3, -0.25) is 10.3 Å². The summed E-state index contributed by atoms with van der Waals surface area (Å²) in [5, 5.41) is 19.0. The van der Waals surface area contributed by atoms with Gasteiger partial charge in [0.25, 0.3) is 5.84 Å². The number of aromatic nitrogens is 1. The molecule has 0 saturated carbocycles. The highest BCUT2D eigenvalue weighted by atomic mass is 16.4. The van der Waals surface area contributed by atoms with E-state index in [1.807, 2.05) is 42.6 Å². The van der Waals surface area contributed by atoms with Crippen molar-refractivity contribution in [1.82, 2.24) is 10.3 Å². The summed E-state index contributed by atoms with van der Waals surface area (Å²) < 4.78 is 0. The second kappa shape index (κ2) is 7.27. The maximum Gasteiger partial charge on any atom is 0.276 e. The first kappa shape index (κ1) is 19.4. The van der Waals surface area contributed by atoms with Gasteiger partial charge in [-0.05, 0) is 47.9 Å². The minimum atomic E-state index is -1.12. The fourth-order valence-corrected chi connectivity index (χ4v) is 4.65. The number of H-pyrrole nitrogens is 1. The summed E-state index contributed by atoms with van der Waals surface area (Å²) in [6, 6.07) is 19.5. The largest absolute Gasteiger partial charge is 0.546 e. The predicted molar refractivity (Wildman–Crippen MR) is 121 cm³/mol. The van der Waals surface area contributed by atoms with Crippen molar-refractivity contribution in [1.29, 1.82) is 0 Å². The minimum Gasteiger partial charge on any atom is -0.546 e. The smallest absolute Gasteiger partial charge is 0.276 e. The van der Waals surface area contributed by atoms with Crippen LogP contribution in [-0.2, 0) is 17.6 Å². The number of hydrogen-bond acceptors (Lipinski definition) is 2. The molecule has 0 fully saturated rings. The fourth-order valence-electron chi connectivity index (χ4n) is 4.65. The molecule has 4 aromatic rings. The average molecular weight is 412 g/mol. The molecular formula is C26H25N3O2. The van der Waals surface area contributed by atoms with E-state index in [1.165, 1.54) is 16.3 Å². The Bertz CT molecular complexity index is 1330. The van der Waals surface area contributed by atoms with Gasteiger partial charge in [-0.2, -0.15) is 0 Å². The summed E-state index contributed by atoms with van der Waals surface area (Å²) in [7, 11) is 0. The molecule has 2 heterocycles. The molecule has 0 bridgehead atoms. The summed E-state index contributed by atoms with van der Waals surface area (Å²) in [6.07, 6.45) is 3.06. The number of para-hydroxylation sites is 1. The van der Waals surface area contributed by atoms with Crippen LogP contribution in [0.4, 0.5) is 0 Å². The van der Waals surface area contributed by atoms with Gasteiger partial charge in [0.15, 0.2) is 0 Å². The van der Waals surface area contributed by atoms with Gasteiger partial charge in [-0.1, -0.05) is 48.5 Å². The fraction of sp³-hybridized carbons (Fsp3) is 0.231. The van der Waals surface area contributed by atoms with Gasteiger partial charge >= 0.3 is 0 Å². The van der Waals surface area contributed by atoms with Crippen LogP contribution in [0.1, 0.15) is 30.5 Å². The number of carboxylic acid groups (broad SMARTS) is 1. The quantitative estimate of drug-likeness (QED) is 0.475. The molecule has 1 aromatic heterocycles. The Morgan fingerprint density at radius 3 is 2.61 bits per heavy atom. The molecule has 156 valence electrons. The molecule has 0 saturated heterocycles. The van der Waals surface area contributed by atoms with E-state index in [0.717, 1.165) is 34.3 Å². The number of fused-ring (bicyclic) bond motifs is 4. The Labute approximate surface area is 180 Å². The molecule has 1 aliphatic rings. The Balaban J connectivity index is 1.59. The van der Waals surface area contributed by atoms with Crippen LogP contribution in [0.15, 0.2) is 66.9 Å². The van der Waals surface area contributed by atoms with Crippen molar-refractivity contribution >= 4 is 33.5 Å². The molecule has 5 heteroatoms. The first-order valence-electron chi connectivity index (χ1n) is 10.6. The van der Waals surface area contributed by atoms with E-state index in [4.69, 9.17) is 0 Å². The molecule has 3 aromatic carbocycles. The zero-order valence-corrected chi connectivity index (χ0v) is 17.7. The lowest BCUT2D eigenvalue weighted by molar-refractivity contribution is -0.507. The van der Waals surface area contributed by atoms with Crippen molar-refractivity contribution in [3.8, 4) is 0 Å². The summed E-state index contributed by atoms with van der Waals surface area (Å²) in [5.41, 5.74) is 3.98. The van der Waals surface area contributed by atoms with Gasteiger partial charge in [0, 0.05) is 29.9 Å². The SMILES string of the molecule is CC1(C)Cc2c(ccc3ccccc23)C(=[NH+][C@H](Cc2c[nH]c3ccccc23)C(=O)[O-])N1. The monoisotopic (exact) mass is 411 g/mol. The van der Waals surface area contributed by atoms with E-state index < -0.39 is 12.0 Å². The highest BCUT2D eigenvalue weighted by Crippen LogP contribution is 2.29. The number of aromatic amines is 1. The Kier molecular flexibility index (Phi) is 4.54. The van der Waals surface area contributed by atoms with Crippen molar-refractivity contribution in [2.24, 2.45) is 0 Å². The van der Waals surface area contributed by atoms with Crippen LogP contribution < -0.4 is 15.4 Å². The molecule has 5 rings (SSSR count). The predicted octanol–water partition coefficient (Wildman–Crippen LogP) is 1.43. The lowest BCUT2D eigenvalue weighted by Gasteiger charge is -2.30. The maximum atomic E-state index is 12.1. The molecule has 0 spiro atoms. The molecule has 0 radical (unpaired) electrons. The topological polar surface area (TPSA) is 81.9 Å². The van der Waals surface area contributed by atoms with E-state index in [9.17, 15) is 9.90 Å². The van der Waals surface area contributed by atoms with E-state index >= 15 is 0 Å². The van der Waals surface area contributed by atoms with Gasteiger partial charge in [-0.25, -0.2) is 0 Å². The summed E-state index contributed by atoms with van der Waals surface area (Å²) >= 11 is 0. The van der Waals surface area contributed by atoms with Crippen LogP contribution in [0, 0.1) is 0 Å². The molecule has 0 aliphatic carbocycles. The van der Waals surface area contributed by atoms with Crippen molar-refractivity contribution < 1.29 is 14.9 Å². The Morgan fingerprint density at radius 2 is 1.81 bits per heavy atom. The number of carboxylic acids is 1. The lowest BCUT2D eigenvalue weighted by atomic mass is 9.84. The first-order valence-corrected chi connectivity index (χ1v) is 10.6. The van der Waals surface area contributed by atoms with Gasteiger partial charge < -0.3 is 14.9 Å². The molecule has 5 nitrogen and oxygen atoms in total. The second-order valence-corrected chi connectivity index (χ2v) is 8.95. The summed E-state index contributed by atoms with van der Waals surface area (Å²) in [4.78, 5) is 18.6. The second-order valence-electron chi connectivity index (χ2n) is 8.95. The van der Waals surface area contributed by atoms with Crippen molar-refractivity contribution in [3.63, 3.8) is 0 Å². The highest BCUT2D eigenvalue weighted by molar-refractivity contribution is 6.03. The van der Waals surface area contributed by atoms with Crippen molar-refractivity contribution in [3.05, 3.63) is 83.6 Å². The van der Waals surface area contributed by atoms with E-state index in [0.29, 0.717) is 6.42 Å². The van der Waals surface area contributed by atoms with Crippen LogP contribution >= 0.6 is 0 Å². The Hall–Kier alpha value is -3.60. The third-order valence-corrected chi connectivity index (χ3v) is 6.09. The highest BCUT2D eigenvalue weighted by Gasteiger charge is 2.35. The number of amidine groups is 1. The normalized spacial score (nSPS) is 17.4. The molecule has 3 N–H and O–H groups in total. The van der Waals surface area contributed by atoms with Crippen LogP contribution in [0.3, 0.4) is 0 Å². The molecular weight excluding hydrogens is 386 g/mol. The lowest BCUT2D eigenvalue weighted by Crippen LogP contribution is -2.87. The van der Waals surface area contributed by atoms with E-state index in [2.05, 4.69) is 53.4 Å². The van der Waals surface area contributed by atoms with Crippen LogP contribution in [0.2, 0.25) is 0 Å². The first-order chi connectivity index (χ1) is 14.9. The maximum absolute atomic E-state index is 12.1. The number of aliphatic carboxylic acids is 1. The molecule has 31 heavy (non-hydrogen) atoms. The molecule has 1 aliphatic heterocycles. The zero-order chi connectivity index (χ0) is 21.6. The number of benzene rings is 3. The number of carbonyl (C=O) groups excluding carboxylic acids is 1.